The number of thiocarbonyl (C=S) groups is 1. The molecule has 1 fully saturated rings. The lowest BCUT2D eigenvalue weighted by molar-refractivity contribution is -0.122. The zero-order valence-electron chi connectivity index (χ0n) is 11.2. The average Bonchev–Trinajstić information content (AvgIpc) is 3.07. The van der Waals surface area contributed by atoms with Crippen molar-refractivity contribution < 1.29 is 14.3 Å². The minimum absolute atomic E-state index is 0.139. The molecule has 1 aromatic heterocycles. The first-order chi connectivity index (χ1) is 10.6. The lowest BCUT2D eigenvalue weighted by atomic mass is 10.2. The Hall–Kier alpha value is -2.38. The number of hydrazone groups is 1. The maximum Gasteiger partial charge on any atom is 0.286 e. The number of thioether (sulfide) groups is 1. The molecule has 0 saturated carbocycles. The van der Waals surface area contributed by atoms with Gasteiger partial charge < -0.3 is 9.52 Å². The Labute approximate surface area is 135 Å². The van der Waals surface area contributed by atoms with Crippen LogP contribution in [0.5, 0.6) is 5.75 Å². The molecule has 0 unspecified atom stereocenters. The third-order valence-corrected chi connectivity index (χ3v) is 4.07. The summed E-state index contributed by atoms with van der Waals surface area (Å²) in [7, 11) is 0. The zero-order valence-corrected chi connectivity index (χ0v) is 12.8. The topological polar surface area (TPSA) is 66.0 Å². The van der Waals surface area contributed by atoms with Gasteiger partial charge in [0.05, 0.1) is 17.4 Å². The maximum atomic E-state index is 12.3. The van der Waals surface area contributed by atoms with E-state index >= 15 is 0 Å². The van der Waals surface area contributed by atoms with Crippen LogP contribution in [0.25, 0.3) is 6.08 Å². The van der Waals surface area contributed by atoms with Gasteiger partial charge in [0.15, 0.2) is 4.32 Å². The first-order valence-corrected chi connectivity index (χ1v) is 7.50. The Bertz CT molecular complexity index is 782. The van der Waals surface area contributed by atoms with E-state index in [9.17, 15) is 9.90 Å². The standard InChI is InChI=1S/C15H10N2O3S2/c18-11-4-1-3-10(7-11)8-13-14(19)17(15(21)22-13)16-9-12-5-2-6-20-12/h1-9,18H/b13-8+,16-9+. The largest absolute Gasteiger partial charge is 0.508 e. The van der Waals surface area contributed by atoms with Crippen molar-refractivity contribution >= 4 is 46.5 Å². The van der Waals surface area contributed by atoms with Crippen molar-refractivity contribution in [2.45, 2.75) is 0 Å². The second-order valence-electron chi connectivity index (χ2n) is 4.35. The van der Waals surface area contributed by atoms with Crippen molar-refractivity contribution in [2.24, 2.45) is 5.10 Å². The number of hydrogen-bond donors (Lipinski definition) is 1. The van der Waals surface area contributed by atoms with Crippen LogP contribution in [0.3, 0.4) is 0 Å². The van der Waals surface area contributed by atoms with Crippen molar-refractivity contribution in [2.75, 3.05) is 0 Å². The number of carbonyl (C=O) groups excluding carboxylic acids is 1. The molecule has 0 atom stereocenters. The Morgan fingerprint density at radius 1 is 1.32 bits per heavy atom. The summed E-state index contributed by atoms with van der Waals surface area (Å²) in [5.41, 5.74) is 0.718. The van der Waals surface area contributed by atoms with Crippen LogP contribution in [-0.4, -0.2) is 26.6 Å². The highest BCUT2D eigenvalue weighted by Gasteiger charge is 2.32. The van der Waals surface area contributed by atoms with Gasteiger partial charge in [0.25, 0.3) is 5.91 Å². The van der Waals surface area contributed by atoms with E-state index in [1.165, 1.54) is 12.5 Å². The highest BCUT2D eigenvalue weighted by atomic mass is 32.2. The molecule has 110 valence electrons. The van der Waals surface area contributed by atoms with Gasteiger partial charge in [-0.1, -0.05) is 23.9 Å². The van der Waals surface area contributed by atoms with Gasteiger partial charge in [-0.2, -0.15) is 10.1 Å². The second-order valence-corrected chi connectivity index (χ2v) is 6.02. The van der Waals surface area contributed by atoms with Crippen LogP contribution in [-0.2, 0) is 4.79 Å². The smallest absolute Gasteiger partial charge is 0.286 e. The van der Waals surface area contributed by atoms with E-state index in [2.05, 4.69) is 5.10 Å². The molecule has 1 saturated heterocycles. The van der Waals surface area contributed by atoms with Crippen molar-refractivity contribution in [1.29, 1.82) is 0 Å². The summed E-state index contributed by atoms with van der Waals surface area (Å²) in [5.74, 6) is 0.368. The predicted molar refractivity (Wildman–Crippen MR) is 89.4 cm³/mol. The van der Waals surface area contributed by atoms with Gasteiger partial charge in [-0.25, -0.2) is 0 Å². The third-order valence-electron chi connectivity index (χ3n) is 2.78. The molecule has 1 N–H and O–H groups in total. The van der Waals surface area contributed by atoms with Gasteiger partial charge in [-0.3, -0.25) is 4.79 Å². The van der Waals surface area contributed by atoms with Crippen LogP contribution in [0.15, 0.2) is 57.1 Å². The van der Waals surface area contributed by atoms with Crippen LogP contribution in [0.2, 0.25) is 0 Å². The van der Waals surface area contributed by atoms with Gasteiger partial charge in [0.1, 0.15) is 11.5 Å². The SMILES string of the molecule is O=C1/C(=C\c2cccc(O)c2)SC(=S)N1/N=C/c1ccco1. The van der Waals surface area contributed by atoms with E-state index in [-0.39, 0.29) is 11.7 Å². The normalized spacial score (nSPS) is 17.1. The van der Waals surface area contributed by atoms with Crippen LogP contribution >= 0.6 is 24.0 Å². The Morgan fingerprint density at radius 2 is 2.18 bits per heavy atom. The number of benzene rings is 1. The van der Waals surface area contributed by atoms with Crippen LogP contribution in [0, 0.1) is 0 Å². The number of rotatable bonds is 3. The lowest BCUT2D eigenvalue weighted by Gasteiger charge is -2.05. The molecular formula is C15H10N2O3S2. The number of furan rings is 1. The van der Waals surface area contributed by atoms with Crippen molar-refractivity contribution in [3.8, 4) is 5.75 Å². The molecule has 5 nitrogen and oxygen atoms in total. The fraction of sp³-hybridized carbons (Fsp3) is 0. The molecule has 0 radical (unpaired) electrons. The quantitative estimate of drug-likeness (QED) is 0.532. The fourth-order valence-corrected chi connectivity index (χ4v) is 2.98. The summed E-state index contributed by atoms with van der Waals surface area (Å²) in [6.07, 6.45) is 4.62. The van der Waals surface area contributed by atoms with Crippen molar-refractivity contribution in [1.82, 2.24) is 5.01 Å². The number of carbonyl (C=O) groups is 1. The highest BCUT2D eigenvalue weighted by molar-refractivity contribution is 8.26. The maximum absolute atomic E-state index is 12.3. The number of hydrogen-bond acceptors (Lipinski definition) is 6. The van der Waals surface area contributed by atoms with E-state index in [4.69, 9.17) is 16.6 Å². The highest BCUT2D eigenvalue weighted by Crippen LogP contribution is 2.33. The van der Waals surface area contributed by atoms with E-state index in [0.717, 1.165) is 22.3 Å². The van der Waals surface area contributed by atoms with Gasteiger partial charge in [0.2, 0.25) is 0 Å². The first kappa shape index (κ1) is 14.6. The van der Waals surface area contributed by atoms with E-state index in [1.807, 2.05) is 0 Å². The second kappa shape index (κ2) is 6.17. The molecule has 2 heterocycles. The van der Waals surface area contributed by atoms with E-state index < -0.39 is 0 Å². The molecule has 1 aromatic carbocycles. The summed E-state index contributed by atoms with van der Waals surface area (Å²) >= 11 is 6.33. The molecule has 7 heteroatoms. The summed E-state index contributed by atoms with van der Waals surface area (Å²) < 4.78 is 5.47. The Morgan fingerprint density at radius 3 is 2.91 bits per heavy atom. The van der Waals surface area contributed by atoms with Gasteiger partial charge in [-0.15, -0.1) is 0 Å². The molecule has 22 heavy (non-hydrogen) atoms. The molecule has 0 aliphatic carbocycles. The monoisotopic (exact) mass is 330 g/mol. The fourth-order valence-electron chi connectivity index (χ4n) is 1.80. The number of phenols is 1. The number of nitrogens with zero attached hydrogens (tertiary/aromatic N) is 2. The molecule has 1 amide bonds. The van der Waals surface area contributed by atoms with Crippen LogP contribution < -0.4 is 0 Å². The molecule has 3 rings (SSSR count). The lowest BCUT2D eigenvalue weighted by Crippen LogP contribution is -2.22. The molecule has 0 bridgehead atoms. The number of aromatic hydroxyl groups is 1. The predicted octanol–water partition coefficient (Wildman–Crippen LogP) is 3.22. The molecule has 2 aromatic rings. The molecule has 1 aliphatic heterocycles. The van der Waals surface area contributed by atoms with Gasteiger partial charge in [-0.05, 0) is 48.1 Å². The Kier molecular flexibility index (Phi) is 4.08. The summed E-state index contributed by atoms with van der Waals surface area (Å²) in [4.78, 5) is 12.8. The molecule has 1 aliphatic rings. The molecule has 0 spiro atoms. The third kappa shape index (κ3) is 3.10. The van der Waals surface area contributed by atoms with E-state index in [1.54, 1.807) is 42.5 Å². The minimum Gasteiger partial charge on any atom is -0.508 e. The van der Waals surface area contributed by atoms with Crippen LogP contribution in [0.1, 0.15) is 11.3 Å². The summed E-state index contributed by atoms with van der Waals surface area (Å²) in [6, 6.07) is 10.1. The summed E-state index contributed by atoms with van der Waals surface area (Å²) in [6.45, 7) is 0. The van der Waals surface area contributed by atoms with Crippen LogP contribution in [0.4, 0.5) is 0 Å². The Balaban J connectivity index is 1.82. The number of phenolic OH excluding ortho intramolecular Hbond substituents is 1. The average molecular weight is 330 g/mol. The van der Waals surface area contributed by atoms with E-state index in [0.29, 0.717) is 15.0 Å². The first-order valence-electron chi connectivity index (χ1n) is 6.28. The minimum atomic E-state index is -0.304. The number of amides is 1. The zero-order chi connectivity index (χ0) is 15.5. The molecular weight excluding hydrogens is 320 g/mol. The van der Waals surface area contributed by atoms with Crippen molar-refractivity contribution in [3.63, 3.8) is 0 Å². The van der Waals surface area contributed by atoms with Gasteiger partial charge >= 0.3 is 0 Å². The van der Waals surface area contributed by atoms with Gasteiger partial charge in [0, 0.05) is 0 Å². The van der Waals surface area contributed by atoms with Crippen molar-refractivity contribution in [3.05, 3.63) is 58.9 Å². The summed E-state index contributed by atoms with van der Waals surface area (Å²) in [5, 5.41) is 14.7.